The van der Waals surface area contributed by atoms with Crippen LogP contribution in [-0.2, 0) is 6.42 Å². The lowest BCUT2D eigenvalue weighted by Crippen LogP contribution is -2.23. The summed E-state index contributed by atoms with van der Waals surface area (Å²) in [6, 6.07) is 10.5. The molecule has 0 spiro atoms. The van der Waals surface area contributed by atoms with E-state index in [4.69, 9.17) is 16.3 Å². The van der Waals surface area contributed by atoms with Gasteiger partial charge in [-0.15, -0.1) is 11.3 Å². The molecule has 21 heavy (non-hydrogen) atoms. The first-order valence-corrected chi connectivity index (χ1v) is 8.59. The van der Waals surface area contributed by atoms with E-state index in [1.165, 1.54) is 10.4 Å². The number of ether oxygens (including phenoxy) is 1. The highest BCUT2D eigenvalue weighted by Crippen LogP contribution is 2.31. The molecule has 0 aliphatic carbocycles. The maximum absolute atomic E-state index is 6.06. The van der Waals surface area contributed by atoms with Crippen LogP contribution in [0.2, 0.25) is 5.02 Å². The summed E-state index contributed by atoms with van der Waals surface area (Å²) in [6.45, 7) is 3.18. The molecule has 1 unspecified atom stereocenters. The average molecular weight is 324 g/mol. The highest BCUT2D eigenvalue weighted by Gasteiger charge is 2.16. The smallest absolute Gasteiger partial charge is 0.125 e. The van der Waals surface area contributed by atoms with E-state index >= 15 is 0 Å². The number of thiophene rings is 1. The number of rotatable bonds is 8. The number of methoxy groups -OCH3 is 1. The van der Waals surface area contributed by atoms with Crippen LogP contribution in [0.15, 0.2) is 35.7 Å². The first-order valence-electron chi connectivity index (χ1n) is 7.33. The Morgan fingerprint density at radius 3 is 2.86 bits per heavy atom. The van der Waals surface area contributed by atoms with Crippen molar-refractivity contribution in [1.82, 2.24) is 5.32 Å². The predicted octanol–water partition coefficient (Wildman–Crippen LogP) is 5.08. The molecule has 0 amide bonds. The monoisotopic (exact) mass is 323 g/mol. The van der Waals surface area contributed by atoms with Crippen LogP contribution in [0.3, 0.4) is 0 Å². The van der Waals surface area contributed by atoms with E-state index in [0.29, 0.717) is 11.1 Å². The lowest BCUT2D eigenvalue weighted by molar-refractivity contribution is 0.395. The van der Waals surface area contributed by atoms with Gasteiger partial charge in [-0.3, -0.25) is 0 Å². The maximum Gasteiger partial charge on any atom is 0.125 e. The number of benzene rings is 1. The van der Waals surface area contributed by atoms with Crippen molar-refractivity contribution in [1.29, 1.82) is 0 Å². The van der Waals surface area contributed by atoms with E-state index in [1.807, 2.05) is 23.5 Å². The van der Waals surface area contributed by atoms with Crippen molar-refractivity contribution in [3.05, 3.63) is 51.2 Å². The fourth-order valence-electron chi connectivity index (χ4n) is 2.40. The van der Waals surface area contributed by atoms with Crippen molar-refractivity contribution >= 4 is 22.9 Å². The van der Waals surface area contributed by atoms with Crippen LogP contribution in [0.1, 0.15) is 36.2 Å². The molecule has 1 N–H and O–H groups in total. The van der Waals surface area contributed by atoms with Crippen LogP contribution in [-0.4, -0.2) is 13.7 Å². The molecule has 2 aromatic rings. The number of hydrogen-bond donors (Lipinski definition) is 1. The molecule has 0 radical (unpaired) electrons. The number of hydrogen-bond acceptors (Lipinski definition) is 3. The number of nitrogens with one attached hydrogen (secondary N) is 1. The van der Waals surface area contributed by atoms with Crippen molar-refractivity contribution in [2.24, 2.45) is 0 Å². The minimum absolute atomic E-state index is 0.291. The fourth-order valence-corrected chi connectivity index (χ4v) is 3.29. The molecule has 0 aliphatic rings. The third kappa shape index (κ3) is 4.73. The van der Waals surface area contributed by atoms with Gasteiger partial charge in [-0.2, -0.15) is 0 Å². The van der Waals surface area contributed by atoms with Crippen molar-refractivity contribution in [2.45, 2.75) is 32.2 Å². The summed E-state index contributed by atoms with van der Waals surface area (Å²) in [7, 11) is 1.70. The van der Waals surface area contributed by atoms with Crippen LogP contribution in [0.4, 0.5) is 0 Å². The molecule has 4 heteroatoms. The van der Waals surface area contributed by atoms with Gasteiger partial charge in [0.05, 0.1) is 7.11 Å². The second-order valence-corrected chi connectivity index (χ2v) is 6.48. The highest BCUT2D eigenvalue weighted by molar-refractivity contribution is 7.09. The van der Waals surface area contributed by atoms with E-state index in [9.17, 15) is 0 Å². The summed E-state index contributed by atoms with van der Waals surface area (Å²) in [6.07, 6.45) is 3.24. The summed E-state index contributed by atoms with van der Waals surface area (Å²) in [5, 5.41) is 6.47. The Labute approximate surface area is 136 Å². The third-order valence-electron chi connectivity index (χ3n) is 3.47. The lowest BCUT2D eigenvalue weighted by Gasteiger charge is -2.21. The number of halogens is 1. The Kier molecular flexibility index (Phi) is 6.55. The third-order valence-corrected chi connectivity index (χ3v) is 4.64. The van der Waals surface area contributed by atoms with Crippen molar-refractivity contribution in [3.8, 4) is 5.75 Å². The van der Waals surface area contributed by atoms with Gasteiger partial charge in [0, 0.05) is 21.5 Å². The van der Waals surface area contributed by atoms with E-state index < -0.39 is 0 Å². The molecular formula is C17H22ClNOS. The van der Waals surface area contributed by atoms with Crippen LogP contribution < -0.4 is 10.1 Å². The molecule has 2 rings (SSSR count). The van der Waals surface area contributed by atoms with Gasteiger partial charge >= 0.3 is 0 Å². The molecule has 2 nitrogen and oxygen atoms in total. The molecule has 114 valence electrons. The molecule has 0 saturated carbocycles. The number of aryl methyl sites for hydroxylation is 1. The minimum atomic E-state index is 0.291. The quantitative estimate of drug-likeness (QED) is 0.731. The highest BCUT2D eigenvalue weighted by atomic mass is 35.5. The zero-order valence-corrected chi connectivity index (χ0v) is 14.1. The van der Waals surface area contributed by atoms with Crippen molar-refractivity contribution < 1.29 is 4.74 Å². The van der Waals surface area contributed by atoms with Gasteiger partial charge in [-0.05, 0) is 49.4 Å². The van der Waals surface area contributed by atoms with Gasteiger partial charge in [-0.25, -0.2) is 0 Å². The van der Waals surface area contributed by atoms with Crippen LogP contribution in [0.25, 0.3) is 0 Å². The molecule has 0 bridgehead atoms. The Balaban J connectivity index is 2.14. The largest absolute Gasteiger partial charge is 0.496 e. The Morgan fingerprint density at radius 2 is 2.19 bits per heavy atom. The van der Waals surface area contributed by atoms with Gasteiger partial charge in [-0.1, -0.05) is 30.7 Å². The molecule has 1 atom stereocenters. The SMILES string of the molecule is CCCNC(CCc1cccs1)c1ccc(Cl)cc1OC. The van der Waals surface area contributed by atoms with Crippen molar-refractivity contribution in [2.75, 3.05) is 13.7 Å². The summed E-state index contributed by atoms with van der Waals surface area (Å²) in [5.74, 6) is 0.863. The van der Waals surface area contributed by atoms with Gasteiger partial charge in [0.2, 0.25) is 0 Å². The first-order chi connectivity index (χ1) is 10.2. The van der Waals surface area contributed by atoms with Crippen LogP contribution in [0, 0.1) is 0 Å². The van der Waals surface area contributed by atoms with E-state index in [1.54, 1.807) is 7.11 Å². The topological polar surface area (TPSA) is 21.3 Å². The summed E-state index contributed by atoms with van der Waals surface area (Å²) in [4.78, 5) is 1.42. The van der Waals surface area contributed by atoms with E-state index in [0.717, 1.165) is 31.6 Å². The lowest BCUT2D eigenvalue weighted by atomic mass is 10.00. The van der Waals surface area contributed by atoms with Crippen LogP contribution >= 0.6 is 22.9 Å². The standard InChI is InChI=1S/C17H22ClNOS/c1-3-10-19-16(9-7-14-5-4-11-21-14)15-8-6-13(18)12-17(15)20-2/h4-6,8,11-12,16,19H,3,7,9-10H2,1-2H3. The normalized spacial score (nSPS) is 12.3. The zero-order valence-electron chi connectivity index (χ0n) is 12.6. The maximum atomic E-state index is 6.06. The molecule has 0 fully saturated rings. The summed E-state index contributed by atoms with van der Waals surface area (Å²) in [5.41, 5.74) is 1.19. The Bertz CT molecular complexity index is 542. The van der Waals surface area contributed by atoms with Gasteiger partial charge in [0.15, 0.2) is 0 Å². The zero-order chi connectivity index (χ0) is 15.1. The molecule has 1 aromatic carbocycles. The van der Waals surface area contributed by atoms with Gasteiger partial charge in [0.1, 0.15) is 5.75 Å². The Hall–Kier alpha value is -1.03. The molecule has 0 aliphatic heterocycles. The van der Waals surface area contributed by atoms with E-state index in [2.05, 4.69) is 35.8 Å². The summed E-state index contributed by atoms with van der Waals surface area (Å²) >= 11 is 7.88. The summed E-state index contributed by atoms with van der Waals surface area (Å²) < 4.78 is 5.50. The van der Waals surface area contributed by atoms with Gasteiger partial charge in [0.25, 0.3) is 0 Å². The average Bonchev–Trinajstić information content (AvgIpc) is 3.01. The molecule has 1 aromatic heterocycles. The first kappa shape index (κ1) is 16.3. The Morgan fingerprint density at radius 1 is 1.33 bits per heavy atom. The molecule has 0 saturated heterocycles. The second-order valence-electron chi connectivity index (χ2n) is 5.01. The van der Waals surface area contributed by atoms with Crippen LogP contribution in [0.5, 0.6) is 5.75 Å². The fraction of sp³-hybridized carbons (Fsp3) is 0.412. The second kappa shape index (κ2) is 8.42. The van der Waals surface area contributed by atoms with E-state index in [-0.39, 0.29) is 0 Å². The predicted molar refractivity (Wildman–Crippen MR) is 91.7 cm³/mol. The molecule has 1 heterocycles. The minimum Gasteiger partial charge on any atom is -0.496 e. The van der Waals surface area contributed by atoms with Crippen molar-refractivity contribution in [3.63, 3.8) is 0 Å². The van der Waals surface area contributed by atoms with Gasteiger partial charge < -0.3 is 10.1 Å². The molecular weight excluding hydrogens is 302 g/mol.